The molecule has 0 aromatic carbocycles. The molecule has 3 atom stereocenters. The minimum absolute atomic E-state index is 0.220. The Hall–Kier alpha value is 0.840. The third kappa shape index (κ3) is 3.19. The molecule has 0 amide bonds. The number of hydrogen-bond donors (Lipinski definition) is 1. The normalized spacial score (nSPS) is 27.9. The predicted molar refractivity (Wildman–Crippen MR) is 79.9 cm³/mol. The van der Waals surface area contributed by atoms with E-state index in [0.29, 0.717) is 10.5 Å². The highest BCUT2D eigenvalue weighted by Gasteiger charge is 2.29. The lowest BCUT2D eigenvalue weighted by molar-refractivity contribution is 0.172. The molecular weight excluding hydrogens is 324 g/mol. The Morgan fingerprint density at radius 3 is 2.88 bits per heavy atom. The monoisotopic (exact) mass is 338 g/mol. The van der Waals surface area contributed by atoms with Crippen molar-refractivity contribution in [3.8, 4) is 0 Å². The Balaban J connectivity index is 1.96. The molecule has 3 unspecified atom stereocenters. The molecule has 1 aromatic rings. The zero-order valence-electron chi connectivity index (χ0n) is 9.06. The fourth-order valence-corrected chi connectivity index (χ4v) is 6.26. The lowest BCUT2D eigenvalue weighted by Crippen LogP contribution is -2.35. The molecule has 1 fully saturated rings. The van der Waals surface area contributed by atoms with Crippen LogP contribution in [0.2, 0.25) is 0 Å². The van der Waals surface area contributed by atoms with Crippen molar-refractivity contribution in [2.75, 3.05) is 11.5 Å². The highest BCUT2D eigenvalue weighted by atomic mass is 79.9. The van der Waals surface area contributed by atoms with E-state index in [2.05, 4.69) is 34.3 Å². The first-order chi connectivity index (χ1) is 7.68. The van der Waals surface area contributed by atoms with Crippen LogP contribution in [0.4, 0.5) is 0 Å². The molecule has 0 bridgehead atoms. The average Bonchev–Trinajstić information content (AvgIpc) is 2.65. The van der Waals surface area contributed by atoms with Gasteiger partial charge in [0.2, 0.25) is 0 Å². The molecule has 0 spiro atoms. The van der Waals surface area contributed by atoms with Crippen molar-refractivity contribution < 1.29 is 5.11 Å². The van der Waals surface area contributed by atoms with Gasteiger partial charge in [-0.1, -0.05) is 6.92 Å². The maximum atomic E-state index is 10.3. The summed E-state index contributed by atoms with van der Waals surface area (Å²) in [6.07, 6.45) is 0.559. The summed E-state index contributed by atoms with van der Waals surface area (Å²) >= 11 is 9.15. The number of halogens is 1. The predicted octanol–water partition coefficient (Wildman–Crippen LogP) is 3.65. The van der Waals surface area contributed by atoms with Gasteiger partial charge in [-0.3, -0.25) is 0 Å². The number of hydrogen-bond acceptors (Lipinski definition) is 4. The highest BCUT2D eigenvalue weighted by molar-refractivity contribution is 9.10. The van der Waals surface area contributed by atoms with E-state index >= 15 is 0 Å². The summed E-state index contributed by atoms with van der Waals surface area (Å²) < 4.78 is 1.14. The van der Waals surface area contributed by atoms with Crippen molar-refractivity contribution in [3.05, 3.63) is 20.8 Å². The van der Waals surface area contributed by atoms with Gasteiger partial charge in [0.05, 0.1) is 6.10 Å². The molecule has 1 aliphatic heterocycles. The summed E-state index contributed by atoms with van der Waals surface area (Å²) in [7, 11) is 0. The third-order valence-corrected chi connectivity index (χ3v) is 7.89. The first-order valence-corrected chi connectivity index (χ1v) is 9.08. The van der Waals surface area contributed by atoms with Crippen LogP contribution >= 0.6 is 50.8 Å². The van der Waals surface area contributed by atoms with Crippen molar-refractivity contribution in [1.29, 1.82) is 0 Å². The first kappa shape index (κ1) is 13.3. The lowest BCUT2D eigenvalue weighted by atomic mass is 10.1. The fourth-order valence-electron chi connectivity index (χ4n) is 1.85. The molecule has 1 aliphatic rings. The van der Waals surface area contributed by atoms with E-state index in [4.69, 9.17) is 0 Å². The third-order valence-electron chi connectivity index (χ3n) is 2.70. The van der Waals surface area contributed by atoms with Gasteiger partial charge in [0.25, 0.3) is 0 Å². The van der Waals surface area contributed by atoms with Gasteiger partial charge in [-0.05, 0) is 27.4 Å². The molecule has 2 heterocycles. The number of rotatable bonds is 3. The lowest BCUT2D eigenvalue weighted by Gasteiger charge is -2.31. The molecule has 1 N–H and O–H groups in total. The summed E-state index contributed by atoms with van der Waals surface area (Å²) in [5.74, 6) is 2.39. The summed E-state index contributed by atoms with van der Waals surface area (Å²) in [6, 6.07) is 2.05. The van der Waals surface area contributed by atoms with E-state index in [0.717, 1.165) is 10.9 Å². The zero-order chi connectivity index (χ0) is 11.5. The Labute approximate surface area is 118 Å². The molecule has 1 aromatic heterocycles. The quantitative estimate of drug-likeness (QED) is 0.908. The summed E-state index contributed by atoms with van der Waals surface area (Å²) in [6.45, 7) is 2.23. The van der Waals surface area contributed by atoms with Crippen LogP contribution in [0.1, 0.15) is 11.8 Å². The second-order valence-corrected chi connectivity index (χ2v) is 8.50. The van der Waals surface area contributed by atoms with Gasteiger partial charge in [0.1, 0.15) is 0 Å². The van der Waals surface area contributed by atoms with E-state index in [-0.39, 0.29) is 6.10 Å². The molecule has 90 valence electrons. The van der Waals surface area contributed by atoms with Gasteiger partial charge in [0.15, 0.2) is 0 Å². The van der Waals surface area contributed by atoms with Crippen molar-refractivity contribution in [2.45, 2.75) is 29.9 Å². The molecule has 16 heavy (non-hydrogen) atoms. The number of thioether (sulfide) groups is 2. The Kier molecular flexibility index (Phi) is 5.09. The van der Waals surface area contributed by atoms with Gasteiger partial charge < -0.3 is 5.11 Å². The van der Waals surface area contributed by atoms with Crippen LogP contribution in [-0.4, -0.2) is 33.2 Å². The summed E-state index contributed by atoms with van der Waals surface area (Å²) in [4.78, 5) is 1.26. The zero-order valence-corrected chi connectivity index (χ0v) is 13.1. The molecule has 0 aliphatic carbocycles. The van der Waals surface area contributed by atoms with Crippen molar-refractivity contribution in [3.63, 3.8) is 0 Å². The molecule has 0 saturated carbocycles. The number of aliphatic hydroxyl groups is 1. The van der Waals surface area contributed by atoms with Crippen LogP contribution in [0.15, 0.2) is 15.9 Å². The van der Waals surface area contributed by atoms with Crippen molar-refractivity contribution in [2.24, 2.45) is 0 Å². The second-order valence-electron chi connectivity index (χ2n) is 3.87. The Bertz CT molecular complexity index is 342. The van der Waals surface area contributed by atoms with Crippen molar-refractivity contribution in [1.82, 2.24) is 0 Å². The highest BCUT2D eigenvalue weighted by Crippen LogP contribution is 2.35. The minimum atomic E-state index is -0.220. The number of thiophene rings is 1. The minimum Gasteiger partial charge on any atom is -0.392 e. The second kappa shape index (κ2) is 6.14. The maximum Gasteiger partial charge on any atom is 0.0717 e. The Morgan fingerprint density at radius 1 is 1.50 bits per heavy atom. The van der Waals surface area contributed by atoms with Gasteiger partial charge in [-0.25, -0.2) is 0 Å². The van der Waals surface area contributed by atoms with Gasteiger partial charge in [-0.15, -0.1) is 11.3 Å². The summed E-state index contributed by atoms with van der Waals surface area (Å²) in [5.41, 5.74) is 0. The van der Waals surface area contributed by atoms with E-state index in [9.17, 15) is 5.11 Å². The molecule has 2 rings (SSSR count). The largest absolute Gasteiger partial charge is 0.392 e. The van der Waals surface area contributed by atoms with E-state index in [1.54, 1.807) is 11.3 Å². The van der Waals surface area contributed by atoms with Crippen LogP contribution in [0.25, 0.3) is 0 Å². The van der Waals surface area contributed by atoms with E-state index in [1.807, 2.05) is 23.5 Å². The summed E-state index contributed by atoms with van der Waals surface area (Å²) in [5, 5.41) is 13.3. The van der Waals surface area contributed by atoms with Gasteiger partial charge >= 0.3 is 0 Å². The molecular formula is C11H15BrOS3. The SMILES string of the molecule is CC1SCCSC1C(O)Cc1sccc1Br. The number of aliphatic hydroxyl groups excluding tert-OH is 1. The maximum absolute atomic E-state index is 10.3. The van der Waals surface area contributed by atoms with Crippen LogP contribution in [-0.2, 0) is 6.42 Å². The molecule has 5 heteroatoms. The van der Waals surface area contributed by atoms with E-state index in [1.165, 1.54) is 16.4 Å². The molecule has 1 nitrogen and oxygen atoms in total. The average molecular weight is 339 g/mol. The van der Waals surface area contributed by atoms with Crippen LogP contribution in [0.3, 0.4) is 0 Å². The van der Waals surface area contributed by atoms with Crippen LogP contribution in [0, 0.1) is 0 Å². The van der Waals surface area contributed by atoms with Crippen LogP contribution in [0.5, 0.6) is 0 Å². The standard InChI is InChI=1S/C11H15BrOS3/c1-7-11(16-5-4-14-7)9(13)6-10-8(12)2-3-15-10/h2-3,7,9,11,13H,4-6H2,1H3. The first-order valence-electron chi connectivity index (χ1n) is 5.31. The topological polar surface area (TPSA) is 20.2 Å². The fraction of sp³-hybridized carbons (Fsp3) is 0.636. The Morgan fingerprint density at radius 2 is 2.25 bits per heavy atom. The van der Waals surface area contributed by atoms with Gasteiger partial charge in [-0.2, -0.15) is 23.5 Å². The molecule has 0 radical (unpaired) electrons. The smallest absolute Gasteiger partial charge is 0.0717 e. The van der Waals surface area contributed by atoms with Gasteiger partial charge in [0, 0.05) is 37.8 Å². The molecule has 1 saturated heterocycles. The van der Waals surface area contributed by atoms with Crippen LogP contribution < -0.4 is 0 Å². The van der Waals surface area contributed by atoms with Crippen molar-refractivity contribution >= 4 is 50.8 Å². The van der Waals surface area contributed by atoms with E-state index < -0.39 is 0 Å².